The highest BCUT2D eigenvalue weighted by atomic mass is 16.5. The molecule has 1 aliphatic rings. The molecule has 0 spiro atoms. The van der Waals surface area contributed by atoms with E-state index in [-0.39, 0.29) is 18.8 Å². The Morgan fingerprint density at radius 2 is 2.18 bits per heavy atom. The number of benzene rings is 1. The molecular weight excluding hydrogens is 276 g/mol. The van der Waals surface area contributed by atoms with Gasteiger partial charge in [0.2, 0.25) is 0 Å². The fourth-order valence-electron chi connectivity index (χ4n) is 2.97. The Hall–Kier alpha value is -0.940. The highest BCUT2D eigenvalue weighted by Crippen LogP contribution is 2.15. The van der Waals surface area contributed by atoms with Gasteiger partial charge in [0.1, 0.15) is 0 Å². The van der Waals surface area contributed by atoms with Gasteiger partial charge in [0.05, 0.1) is 19.3 Å². The zero-order valence-corrected chi connectivity index (χ0v) is 14.1. The Balaban J connectivity index is 1.81. The van der Waals surface area contributed by atoms with Gasteiger partial charge >= 0.3 is 0 Å². The lowest BCUT2D eigenvalue weighted by Gasteiger charge is -2.34. The molecule has 0 bridgehead atoms. The molecule has 22 heavy (non-hydrogen) atoms. The summed E-state index contributed by atoms with van der Waals surface area (Å²) in [5.74, 6) is 0.701. The van der Waals surface area contributed by atoms with Crippen LogP contribution in [-0.4, -0.2) is 48.9 Å². The van der Waals surface area contributed by atoms with E-state index >= 15 is 0 Å². The quantitative estimate of drug-likeness (QED) is 0.810. The minimum Gasteiger partial charge on any atom is -0.392 e. The average molecular weight is 306 g/mol. The molecule has 1 saturated heterocycles. The maximum atomic E-state index is 9.23. The highest BCUT2D eigenvalue weighted by molar-refractivity contribution is 5.25. The van der Waals surface area contributed by atoms with Crippen LogP contribution < -0.4 is 5.32 Å². The summed E-state index contributed by atoms with van der Waals surface area (Å²) in [6, 6.07) is 8.37. The number of hydrogen-bond donors (Lipinski definition) is 2. The number of nitrogens with one attached hydrogen (secondary N) is 1. The first-order valence-electron chi connectivity index (χ1n) is 8.35. The van der Waals surface area contributed by atoms with Crippen molar-refractivity contribution < 1.29 is 9.84 Å². The van der Waals surface area contributed by atoms with Crippen LogP contribution in [0, 0.1) is 5.92 Å². The van der Waals surface area contributed by atoms with Gasteiger partial charge in [0, 0.05) is 32.2 Å². The second-order valence-corrected chi connectivity index (χ2v) is 6.68. The Kier molecular flexibility index (Phi) is 6.83. The van der Waals surface area contributed by atoms with Crippen molar-refractivity contribution in [2.24, 2.45) is 5.92 Å². The zero-order chi connectivity index (χ0) is 15.9. The first kappa shape index (κ1) is 17.4. The van der Waals surface area contributed by atoms with Crippen molar-refractivity contribution in [2.45, 2.75) is 39.5 Å². The van der Waals surface area contributed by atoms with Crippen molar-refractivity contribution in [3.05, 3.63) is 35.4 Å². The number of rotatable bonds is 7. The molecule has 2 rings (SSSR count). The number of morpholine rings is 1. The molecule has 2 atom stereocenters. The third-order valence-electron chi connectivity index (χ3n) is 4.13. The van der Waals surface area contributed by atoms with Crippen molar-refractivity contribution in [2.75, 3.05) is 32.8 Å². The van der Waals surface area contributed by atoms with E-state index in [1.54, 1.807) is 0 Å². The monoisotopic (exact) mass is 306 g/mol. The molecule has 2 N–H and O–H groups in total. The second-order valence-electron chi connectivity index (χ2n) is 6.68. The molecule has 1 fully saturated rings. The average Bonchev–Trinajstić information content (AvgIpc) is 2.52. The summed E-state index contributed by atoms with van der Waals surface area (Å²) in [7, 11) is 0. The molecule has 4 heteroatoms. The normalized spacial score (nSPS) is 21.2. The van der Waals surface area contributed by atoms with Gasteiger partial charge in [-0.1, -0.05) is 38.1 Å². The van der Waals surface area contributed by atoms with Crippen LogP contribution in [0.2, 0.25) is 0 Å². The largest absolute Gasteiger partial charge is 0.392 e. The van der Waals surface area contributed by atoms with Crippen LogP contribution in [0.3, 0.4) is 0 Å². The molecule has 1 heterocycles. The zero-order valence-electron chi connectivity index (χ0n) is 14.1. The van der Waals surface area contributed by atoms with E-state index in [4.69, 9.17) is 4.74 Å². The lowest BCUT2D eigenvalue weighted by Crippen LogP contribution is -2.47. The minimum absolute atomic E-state index is 0.0937. The Bertz CT molecular complexity index is 450. The third-order valence-corrected chi connectivity index (χ3v) is 4.13. The first-order valence-corrected chi connectivity index (χ1v) is 8.35. The van der Waals surface area contributed by atoms with E-state index in [1.165, 1.54) is 5.56 Å². The molecule has 4 nitrogen and oxygen atoms in total. The third kappa shape index (κ3) is 5.36. The van der Waals surface area contributed by atoms with Crippen molar-refractivity contribution >= 4 is 0 Å². The van der Waals surface area contributed by atoms with Crippen molar-refractivity contribution in [1.29, 1.82) is 0 Å². The molecule has 0 aliphatic carbocycles. The maximum absolute atomic E-state index is 9.23. The summed E-state index contributed by atoms with van der Waals surface area (Å²) in [5, 5.41) is 12.8. The minimum atomic E-state index is 0.0937. The molecule has 0 radical (unpaired) electrons. The second kappa shape index (κ2) is 8.63. The number of aliphatic hydroxyl groups excluding tert-OH is 1. The Morgan fingerprint density at radius 1 is 1.36 bits per heavy atom. The lowest BCUT2D eigenvalue weighted by atomic mass is 10.1. The van der Waals surface area contributed by atoms with Gasteiger partial charge in [0.25, 0.3) is 0 Å². The van der Waals surface area contributed by atoms with Crippen LogP contribution in [0.25, 0.3) is 0 Å². The van der Waals surface area contributed by atoms with Crippen LogP contribution in [-0.2, 0) is 11.3 Å². The standard InChI is InChI=1S/C18H30N2O2/c1-14(2)11-20-7-8-22-18(12-20)10-19-15(3)17-6-4-5-16(9-17)13-21/h4-6,9,14-15,18-19,21H,7-8,10-13H2,1-3H3. The first-order chi connectivity index (χ1) is 10.6. The van der Waals surface area contributed by atoms with Crippen LogP contribution in [0.15, 0.2) is 24.3 Å². The number of hydrogen-bond acceptors (Lipinski definition) is 4. The smallest absolute Gasteiger partial charge is 0.0826 e. The van der Waals surface area contributed by atoms with Gasteiger partial charge in [-0.05, 0) is 24.0 Å². The predicted octanol–water partition coefficient (Wildman–Crippen LogP) is 2.19. The summed E-state index contributed by atoms with van der Waals surface area (Å²) in [5.41, 5.74) is 2.17. The topological polar surface area (TPSA) is 44.7 Å². The van der Waals surface area contributed by atoms with Crippen LogP contribution in [0.1, 0.15) is 37.9 Å². The van der Waals surface area contributed by atoms with Gasteiger partial charge in [-0.3, -0.25) is 4.90 Å². The highest BCUT2D eigenvalue weighted by Gasteiger charge is 2.21. The number of ether oxygens (including phenoxy) is 1. The molecule has 1 aliphatic heterocycles. The van der Waals surface area contributed by atoms with E-state index < -0.39 is 0 Å². The number of nitrogens with zero attached hydrogens (tertiary/aromatic N) is 1. The van der Waals surface area contributed by atoms with Gasteiger partial charge in [0.15, 0.2) is 0 Å². The fraction of sp³-hybridized carbons (Fsp3) is 0.667. The summed E-state index contributed by atoms with van der Waals surface area (Å²) < 4.78 is 5.88. The summed E-state index contributed by atoms with van der Waals surface area (Å²) in [4.78, 5) is 2.50. The molecule has 124 valence electrons. The van der Waals surface area contributed by atoms with Crippen molar-refractivity contribution in [3.8, 4) is 0 Å². The SMILES string of the molecule is CC(C)CN1CCOC(CNC(C)c2cccc(CO)c2)C1. The molecule has 1 aromatic carbocycles. The molecule has 0 aromatic heterocycles. The van der Waals surface area contributed by atoms with Gasteiger partial charge in [-0.15, -0.1) is 0 Å². The molecule has 1 aromatic rings. The van der Waals surface area contributed by atoms with E-state index in [9.17, 15) is 5.11 Å². The molecule has 0 amide bonds. The summed E-state index contributed by atoms with van der Waals surface area (Å²) in [6.07, 6.45) is 0.260. The fourth-order valence-corrected chi connectivity index (χ4v) is 2.97. The van der Waals surface area contributed by atoms with E-state index in [0.717, 1.165) is 38.3 Å². The number of aliphatic hydroxyl groups is 1. The van der Waals surface area contributed by atoms with Gasteiger partial charge < -0.3 is 15.2 Å². The predicted molar refractivity (Wildman–Crippen MR) is 89.8 cm³/mol. The van der Waals surface area contributed by atoms with Gasteiger partial charge in [-0.25, -0.2) is 0 Å². The van der Waals surface area contributed by atoms with Gasteiger partial charge in [-0.2, -0.15) is 0 Å². The van der Waals surface area contributed by atoms with Crippen molar-refractivity contribution in [3.63, 3.8) is 0 Å². The molecule has 2 unspecified atom stereocenters. The summed E-state index contributed by atoms with van der Waals surface area (Å²) >= 11 is 0. The van der Waals surface area contributed by atoms with E-state index in [2.05, 4.69) is 43.1 Å². The lowest BCUT2D eigenvalue weighted by molar-refractivity contribution is -0.0311. The maximum Gasteiger partial charge on any atom is 0.0826 e. The van der Waals surface area contributed by atoms with E-state index in [1.807, 2.05) is 12.1 Å². The summed E-state index contributed by atoms with van der Waals surface area (Å²) in [6.45, 7) is 11.7. The Labute approximate surface area is 134 Å². The van der Waals surface area contributed by atoms with Crippen LogP contribution >= 0.6 is 0 Å². The molecular formula is C18H30N2O2. The van der Waals surface area contributed by atoms with Crippen LogP contribution in [0.5, 0.6) is 0 Å². The van der Waals surface area contributed by atoms with Crippen molar-refractivity contribution in [1.82, 2.24) is 10.2 Å². The van der Waals surface area contributed by atoms with Crippen LogP contribution in [0.4, 0.5) is 0 Å². The van der Waals surface area contributed by atoms with E-state index in [0.29, 0.717) is 5.92 Å². The molecule has 0 saturated carbocycles. The Morgan fingerprint density at radius 3 is 2.91 bits per heavy atom.